The van der Waals surface area contributed by atoms with E-state index in [0.717, 1.165) is 31.3 Å². The van der Waals surface area contributed by atoms with Crippen molar-refractivity contribution in [1.82, 2.24) is 4.90 Å². The summed E-state index contributed by atoms with van der Waals surface area (Å²) in [6, 6.07) is 9.30. The third-order valence-electron chi connectivity index (χ3n) is 7.74. The Morgan fingerprint density at radius 2 is 1.73 bits per heavy atom. The first-order valence-electron chi connectivity index (χ1n) is 10.5. The molecule has 3 nitrogen and oxygen atoms in total. The van der Waals surface area contributed by atoms with E-state index < -0.39 is 0 Å². The second-order valence-corrected chi connectivity index (χ2v) is 9.78. The number of hydrogen-bond acceptors (Lipinski definition) is 2. The van der Waals surface area contributed by atoms with E-state index in [1.165, 1.54) is 44.1 Å². The molecule has 1 aliphatic heterocycles. The van der Waals surface area contributed by atoms with Gasteiger partial charge in [0.05, 0.1) is 13.2 Å². The van der Waals surface area contributed by atoms with E-state index in [0.29, 0.717) is 24.5 Å². The quantitative estimate of drug-likeness (QED) is 0.819. The van der Waals surface area contributed by atoms with Gasteiger partial charge in [0.2, 0.25) is 5.91 Å². The van der Waals surface area contributed by atoms with Gasteiger partial charge in [-0.05, 0) is 73.7 Å². The summed E-state index contributed by atoms with van der Waals surface area (Å²) >= 11 is 0. The van der Waals surface area contributed by atoms with E-state index in [1.807, 2.05) is 0 Å². The third-order valence-corrected chi connectivity index (χ3v) is 7.74. The van der Waals surface area contributed by atoms with Crippen LogP contribution >= 0.6 is 0 Å². The molecule has 3 heteroatoms. The van der Waals surface area contributed by atoms with Gasteiger partial charge in [-0.25, -0.2) is 0 Å². The molecule has 0 aromatic heterocycles. The summed E-state index contributed by atoms with van der Waals surface area (Å²) in [5.41, 5.74) is 3.48. The largest absolute Gasteiger partial charge is 0.378 e. The fourth-order valence-electron chi connectivity index (χ4n) is 7.15. The molecule has 5 aliphatic rings. The summed E-state index contributed by atoms with van der Waals surface area (Å²) < 4.78 is 5.43. The summed E-state index contributed by atoms with van der Waals surface area (Å²) in [4.78, 5) is 15.1. The Balaban J connectivity index is 1.41. The van der Waals surface area contributed by atoms with Crippen LogP contribution in [0.15, 0.2) is 24.3 Å². The number of nitrogens with zero attached hydrogens (tertiary/aromatic N) is 1. The Kier molecular flexibility index (Phi) is 3.93. The zero-order valence-electron chi connectivity index (χ0n) is 16.0. The van der Waals surface area contributed by atoms with Crippen molar-refractivity contribution in [3.8, 4) is 0 Å². The maximum Gasteiger partial charge on any atom is 0.223 e. The number of morpholine rings is 1. The van der Waals surface area contributed by atoms with Crippen molar-refractivity contribution in [3.63, 3.8) is 0 Å². The zero-order chi connectivity index (χ0) is 17.8. The first-order chi connectivity index (χ1) is 12.6. The molecule has 140 valence electrons. The summed E-state index contributed by atoms with van der Waals surface area (Å²) in [6.07, 6.45) is 8.67. The molecule has 4 atom stereocenters. The van der Waals surface area contributed by atoms with Crippen molar-refractivity contribution in [2.24, 2.45) is 17.3 Å². The molecule has 1 amide bonds. The van der Waals surface area contributed by atoms with Crippen LogP contribution in [0.5, 0.6) is 0 Å². The fourth-order valence-corrected chi connectivity index (χ4v) is 7.15. The second-order valence-electron chi connectivity index (χ2n) is 9.78. The predicted molar refractivity (Wildman–Crippen MR) is 102 cm³/mol. The summed E-state index contributed by atoms with van der Waals surface area (Å²) in [6.45, 7) is 5.15. The predicted octanol–water partition coefficient (Wildman–Crippen LogP) is 4.08. The standard InChI is InChI=1S/C23H31NO2/c1-17-2-4-20(5-3-17)23-13-18-10-19(14-23)12-22(11-18,16-23)15-21(25)24-6-8-26-9-7-24/h2-5,18-19H,6-16H2,1H3/t18-,19+,22?,23?. The van der Waals surface area contributed by atoms with Gasteiger partial charge in [-0.1, -0.05) is 29.8 Å². The van der Waals surface area contributed by atoms with Gasteiger partial charge in [0.15, 0.2) is 0 Å². The van der Waals surface area contributed by atoms with E-state index in [1.54, 1.807) is 5.56 Å². The molecule has 1 aromatic carbocycles. The SMILES string of the molecule is Cc1ccc(C23C[C@@H]4C[C@@H](CC(CC(=O)N5CCOCC5)(C4)C2)C3)cc1. The number of amides is 1. The Morgan fingerprint density at radius 1 is 1.08 bits per heavy atom. The lowest BCUT2D eigenvalue weighted by atomic mass is 9.42. The maximum atomic E-state index is 13.0. The molecular formula is C23H31NO2. The summed E-state index contributed by atoms with van der Waals surface area (Å²) in [7, 11) is 0. The van der Waals surface area contributed by atoms with Crippen molar-refractivity contribution in [3.05, 3.63) is 35.4 Å². The monoisotopic (exact) mass is 353 g/mol. The Labute approximate surface area is 157 Å². The van der Waals surface area contributed by atoms with E-state index in [4.69, 9.17) is 4.74 Å². The fraction of sp³-hybridized carbons (Fsp3) is 0.696. The highest BCUT2D eigenvalue weighted by Gasteiger charge is 2.58. The van der Waals surface area contributed by atoms with Gasteiger partial charge in [0, 0.05) is 19.5 Å². The van der Waals surface area contributed by atoms with E-state index in [9.17, 15) is 4.79 Å². The molecular weight excluding hydrogens is 322 g/mol. The minimum atomic E-state index is 0.254. The minimum absolute atomic E-state index is 0.254. The summed E-state index contributed by atoms with van der Waals surface area (Å²) in [5, 5.41) is 0. The molecule has 5 fully saturated rings. The van der Waals surface area contributed by atoms with Gasteiger partial charge < -0.3 is 9.64 Å². The highest BCUT2D eigenvalue weighted by molar-refractivity contribution is 5.77. The van der Waals surface area contributed by atoms with E-state index in [2.05, 4.69) is 36.1 Å². The van der Waals surface area contributed by atoms with Crippen LogP contribution < -0.4 is 0 Å². The highest BCUT2D eigenvalue weighted by atomic mass is 16.5. The molecule has 26 heavy (non-hydrogen) atoms. The molecule has 1 aromatic rings. The molecule has 6 rings (SSSR count). The number of carbonyl (C=O) groups excluding carboxylic acids is 1. The number of hydrogen-bond donors (Lipinski definition) is 0. The van der Waals surface area contributed by atoms with Crippen molar-refractivity contribution in [2.75, 3.05) is 26.3 Å². The molecule has 2 unspecified atom stereocenters. The lowest BCUT2D eigenvalue weighted by molar-refractivity contribution is -0.144. The molecule has 1 heterocycles. The Hall–Kier alpha value is -1.35. The Bertz CT molecular complexity index is 675. The molecule has 4 aliphatic carbocycles. The van der Waals surface area contributed by atoms with Gasteiger partial charge in [0.25, 0.3) is 0 Å². The topological polar surface area (TPSA) is 29.5 Å². The van der Waals surface area contributed by atoms with E-state index >= 15 is 0 Å². The van der Waals surface area contributed by atoms with Gasteiger partial charge in [-0.2, -0.15) is 0 Å². The van der Waals surface area contributed by atoms with Crippen LogP contribution in [-0.4, -0.2) is 37.1 Å². The van der Waals surface area contributed by atoms with Gasteiger partial charge in [0.1, 0.15) is 0 Å². The molecule has 0 spiro atoms. The Morgan fingerprint density at radius 3 is 2.38 bits per heavy atom. The lowest BCUT2D eigenvalue weighted by Crippen LogP contribution is -2.55. The average molecular weight is 354 g/mol. The van der Waals surface area contributed by atoms with Crippen LogP contribution in [0, 0.1) is 24.2 Å². The number of carbonyl (C=O) groups is 1. The average Bonchev–Trinajstić information content (AvgIpc) is 2.61. The first kappa shape index (κ1) is 16.8. The van der Waals surface area contributed by atoms with Crippen molar-refractivity contribution in [2.45, 2.75) is 57.3 Å². The molecule has 0 N–H and O–H groups in total. The van der Waals surface area contributed by atoms with Crippen molar-refractivity contribution >= 4 is 5.91 Å². The van der Waals surface area contributed by atoms with Crippen molar-refractivity contribution < 1.29 is 9.53 Å². The van der Waals surface area contributed by atoms with E-state index in [-0.39, 0.29) is 5.41 Å². The normalized spacial score (nSPS) is 38.6. The van der Waals surface area contributed by atoms with Gasteiger partial charge >= 0.3 is 0 Å². The molecule has 4 bridgehead atoms. The van der Waals surface area contributed by atoms with Crippen LogP contribution in [0.1, 0.15) is 56.1 Å². The lowest BCUT2D eigenvalue weighted by Gasteiger charge is -2.62. The number of rotatable bonds is 3. The molecule has 0 radical (unpaired) electrons. The number of benzene rings is 1. The number of aryl methyl sites for hydroxylation is 1. The smallest absolute Gasteiger partial charge is 0.223 e. The van der Waals surface area contributed by atoms with Crippen LogP contribution in [0.4, 0.5) is 0 Å². The van der Waals surface area contributed by atoms with Crippen molar-refractivity contribution in [1.29, 1.82) is 0 Å². The maximum absolute atomic E-state index is 13.0. The van der Waals surface area contributed by atoms with Crippen LogP contribution in [0.25, 0.3) is 0 Å². The molecule has 4 saturated carbocycles. The summed E-state index contributed by atoms with van der Waals surface area (Å²) in [5.74, 6) is 2.04. The van der Waals surface area contributed by atoms with Crippen LogP contribution in [-0.2, 0) is 14.9 Å². The van der Waals surface area contributed by atoms with Crippen LogP contribution in [0.3, 0.4) is 0 Å². The second kappa shape index (κ2) is 6.09. The highest BCUT2D eigenvalue weighted by Crippen LogP contribution is 2.66. The third kappa shape index (κ3) is 2.79. The molecule has 1 saturated heterocycles. The number of ether oxygens (including phenoxy) is 1. The van der Waals surface area contributed by atoms with Gasteiger partial charge in [-0.15, -0.1) is 0 Å². The minimum Gasteiger partial charge on any atom is -0.378 e. The first-order valence-corrected chi connectivity index (χ1v) is 10.5. The van der Waals surface area contributed by atoms with Crippen LogP contribution in [0.2, 0.25) is 0 Å². The van der Waals surface area contributed by atoms with Gasteiger partial charge in [-0.3, -0.25) is 4.79 Å². The zero-order valence-corrected chi connectivity index (χ0v) is 16.0.